The highest BCUT2D eigenvalue weighted by atomic mass is 19.4. The smallest absolute Gasteiger partial charge is 0.406 e. The summed E-state index contributed by atoms with van der Waals surface area (Å²) in [5.74, 6) is -2.89. The minimum atomic E-state index is -4.97. The molecule has 2 amide bonds. The lowest BCUT2D eigenvalue weighted by Gasteiger charge is -2.10. The maximum absolute atomic E-state index is 14.5. The molecule has 4 rings (SSSR count). The molecule has 0 bridgehead atoms. The minimum absolute atomic E-state index is 0.00444. The van der Waals surface area contributed by atoms with Gasteiger partial charge in [0, 0.05) is 24.7 Å². The lowest BCUT2D eigenvalue weighted by atomic mass is 10.1. The summed E-state index contributed by atoms with van der Waals surface area (Å²) in [7, 11) is 0. The molecule has 1 unspecified atom stereocenters. The van der Waals surface area contributed by atoms with Gasteiger partial charge in [0.15, 0.2) is 11.5 Å². The van der Waals surface area contributed by atoms with Crippen molar-refractivity contribution in [3.63, 3.8) is 0 Å². The minimum Gasteiger partial charge on any atom is -0.406 e. The molecule has 12 nitrogen and oxygen atoms in total. The Bertz CT molecular complexity index is 1480. The Hall–Kier alpha value is -4.96. The second-order valence-electron chi connectivity index (χ2n) is 8.61. The van der Waals surface area contributed by atoms with E-state index in [1.165, 1.54) is 17.1 Å². The lowest BCUT2D eigenvalue weighted by molar-refractivity contribution is -0.274. The molecule has 4 aromatic rings. The van der Waals surface area contributed by atoms with Gasteiger partial charge in [0.25, 0.3) is 5.91 Å². The fourth-order valence-corrected chi connectivity index (χ4v) is 3.53. The van der Waals surface area contributed by atoms with E-state index in [0.29, 0.717) is 5.69 Å². The number of rotatable bonds is 12. The van der Waals surface area contributed by atoms with Crippen molar-refractivity contribution in [1.29, 1.82) is 0 Å². The maximum atomic E-state index is 14.5. The number of carbonyl (C=O) groups excluding carboxylic acids is 2. The van der Waals surface area contributed by atoms with Crippen LogP contribution in [0, 0.1) is 5.82 Å². The summed E-state index contributed by atoms with van der Waals surface area (Å²) < 4.78 is 71.9. The molecule has 0 aliphatic rings. The van der Waals surface area contributed by atoms with Gasteiger partial charge in [0.1, 0.15) is 17.7 Å². The first-order chi connectivity index (χ1) is 19.5. The van der Waals surface area contributed by atoms with Crippen LogP contribution in [0.2, 0.25) is 0 Å². The van der Waals surface area contributed by atoms with E-state index < -0.39 is 42.3 Å². The van der Waals surface area contributed by atoms with Gasteiger partial charge in [-0.05, 0) is 30.3 Å². The summed E-state index contributed by atoms with van der Waals surface area (Å²) in [5.41, 5.74) is 0.401. The number of hydrogen-bond donors (Lipinski definition) is 2. The highest BCUT2D eigenvalue weighted by Crippen LogP contribution is 2.25. The molecule has 0 aliphatic heterocycles. The topological polar surface area (TPSA) is 142 Å². The molecule has 2 N–H and O–H groups in total. The van der Waals surface area contributed by atoms with E-state index in [1.54, 1.807) is 24.4 Å². The second kappa shape index (κ2) is 12.9. The fraction of sp³-hybridized carbons (Fsp3) is 0.292. The van der Waals surface area contributed by atoms with Crippen LogP contribution in [0.3, 0.4) is 0 Å². The number of nitrogens with one attached hydrogen (secondary N) is 2. The molecular weight excluding hydrogens is 557 g/mol. The summed E-state index contributed by atoms with van der Waals surface area (Å²) >= 11 is 0. The molecule has 1 atom stereocenters. The fourth-order valence-electron chi connectivity index (χ4n) is 3.53. The molecule has 1 aromatic carbocycles. The Morgan fingerprint density at radius 3 is 2.61 bits per heavy atom. The van der Waals surface area contributed by atoms with Gasteiger partial charge >= 0.3 is 6.36 Å². The quantitative estimate of drug-likeness (QED) is 0.244. The van der Waals surface area contributed by atoms with Crippen molar-refractivity contribution < 1.29 is 36.3 Å². The highest BCUT2D eigenvalue weighted by molar-refractivity contribution is 5.92. The van der Waals surface area contributed by atoms with E-state index in [9.17, 15) is 31.5 Å². The third-order valence-corrected chi connectivity index (χ3v) is 5.39. The SMILES string of the molecule is O=C(Cc1cc(OC(F)(F)F)ccc1F)Nc1cn(CC(F)CCn2cc(C(=O)NCc3ccccn3)nn2)nn1. The van der Waals surface area contributed by atoms with Crippen molar-refractivity contribution >= 4 is 17.6 Å². The molecule has 0 fully saturated rings. The summed E-state index contributed by atoms with van der Waals surface area (Å²) in [6.45, 7) is 0.101. The molecule has 17 heteroatoms. The molecule has 3 aromatic heterocycles. The van der Waals surface area contributed by atoms with E-state index in [2.05, 4.69) is 41.0 Å². The Kier molecular flexibility index (Phi) is 9.15. The van der Waals surface area contributed by atoms with Crippen LogP contribution in [0.15, 0.2) is 55.0 Å². The molecule has 41 heavy (non-hydrogen) atoms. The number of hydrogen-bond acceptors (Lipinski definition) is 8. The zero-order chi connectivity index (χ0) is 29.4. The van der Waals surface area contributed by atoms with Gasteiger partial charge in [-0.1, -0.05) is 16.5 Å². The summed E-state index contributed by atoms with van der Waals surface area (Å²) in [6.07, 6.45) is -2.76. The van der Waals surface area contributed by atoms with Gasteiger partial charge in [0.2, 0.25) is 5.91 Å². The van der Waals surface area contributed by atoms with Crippen molar-refractivity contribution in [3.05, 3.63) is 77.8 Å². The van der Waals surface area contributed by atoms with Crippen molar-refractivity contribution in [2.24, 2.45) is 0 Å². The maximum Gasteiger partial charge on any atom is 0.573 e. The van der Waals surface area contributed by atoms with Gasteiger partial charge in [-0.15, -0.1) is 23.4 Å². The van der Waals surface area contributed by atoms with Gasteiger partial charge in [0.05, 0.1) is 37.6 Å². The molecule has 0 radical (unpaired) electrons. The summed E-state index contributed by atoms with van der Waals surface area (Å²) in [5, 5.41) is 20.0. The van der Waals surface area contributed by atoms with Crippen molar-refractivity contribution in [2.75, 3.05) is 5.32 Å². The predicted molar refractivity (Wildman–Crippen MR) is 130 cm³/mol. The predicted octanol–water partition coefficient (Wildman–Crippen LogP) is 2.84. The third-order valence-electron chi connectivity index (χ3n) is 5.39. The number of nitrogens with zero attached hydrogens (tertiary/aromatic N) is 7. The van der Waals surface area contributed by atoms with Crippen LogP contribution in [0.25, 0.3) is 0 Å². The molecule has 3 heterocycles. The Labute approximate surface area is 228 Å². The zero-order valence-electron chi connectivity index (χ0n) is 21.1. The Morgan fingerprint density at radius 2 is 1.85 bits per heavy atom. The van der Waals surface area contributed by atoms with E-state index in [-0.39, 0.29) is 43.1 Å². The highest BCUT2D eigenvalue weighted by Gasteiger charge is 2.31. The van der Waals surface area contributed by atoms with E-state index in [4.69, 9.17) is 0 Å². The van der Waals surface area contributed by atoms with E-state index >= 15 is 0 Å². The number of benzene rings is 1. The average Bonchev–Trinajstić information content (AvgIpc) is 3.57. The number of amides is 2. The number of pyridine rings is 1. The first-order valence-electron chi connectivity index (χ1n) is 12.0. The van der Waals surface area contributed by atoms with Gasteiger partial charge in [-0.2, -0.15) is 0 Å². The molecule has 0 spiro atoms. The van der Waals surface area contributed by atoms with E-state index in [0.717, 1.165) is 22.9 Å². The molecule has 0 saturated carbocycles. The average molecular weight is 579 g/mol. The number of alkyl halides is 4. The summed E-state index contributed by atoms with van der Waals surface area (Å²) in [4.78, 5) is 28.6. The van der Waals surface area contributed by atoms with E-state index in [1.807, 2.05) is 0 Å². The van der Waals surface area contributed by atoms with Gasteiger partial charge < -0.3 is 15.4 Å². The number of halogens is 5. The number of aromatic nitrogens is 7. The van der Waals surface area contributed by atoms with Gasteiger partial charge in [-0.25, -0.2) is 13.5 Å². The Morgan fingerprint density at radius 1 is 1.05 bits per heavy atom. The number of carbonyl (C=O) groups is 2. The largest absolute Gasteiger partial charge is 0.573 e. The molecule has 0 aliphatic carbocycles. The normalized spacial score (nSPS) is 12.1. The standard InChI is InChI=1S/C24H22F5N9O3/c25-16(6-8-37-13-20(33-35-37)23(40)31-11-17-3-1-2-7-30-17)12-38-14-21(34-36-38)32-22(39)10-15-9-18(4-5-19(15)26)41-24(27,28)29/h1-5,7,9,13-14,16H,6,8,10-12H2,(H,31,40)(H,32,39). The van der Waals surface area contributed by atoms with Crippen molar-refractivity contribution in [3.8, 4) is 5.75 Å². The number of anilines is 1. The zero-order valence-corrected chi connectivity index (χ0v) is 21.1. The van der Waals surface area contributed by atoms with Crippen LogP contribution in [-0.4, -0.2) is 59.3 Å². The third kappa shape index (κ3) is 9.04. The molecule has 216 valence electrons. The van der Waals surface area contributed by atoms with Crippen LogP contribution in [-0.2, 0) is 30.8 Å². The van der Waals surface area contributed by atoms with Crippen LogP contribution >= 0.6 is 0 Å². The van der Waals surface area contributed by atoms with Crippen LogP contribution < -0.4 is 15.4 Å². The number of aryl methyl sites for hydroxylation is 1. The molecule has 0 saturated heterocycles. The van der Waals surface area contributed by atoms with Crippen molar-refractivity contribution in [2.45, 2.75) is 45.0 Å². The van der Waals surface area contributed by atoms with Crippen molar-refractivity contribution in [1.82, 2.24) is 40.3 Å². The Balaban J connectivity index is 1.22. The second-order valence-corrected chi connectivity index (χ2v) is 8.61. The lowest BCUT2D eigenvalue weighted by Crippen LogP contribution is -2.23. The number of ether oxygens (including phenoxy) is 1. The first kappa shape index (κ1) is 29.0. The summed E-state index contributed by atoms with van der Waals surface area (Å²) in [6, 6.07) is 7.60. The monoisotopic (exact) mass is 579 g/mol. The molecular formula is C24H22F5N9O3. The van der Waals surface area contributed by atoms with Gasteiger partial charge in [-0.3, -0.25) is 19.3 Å². The van der Waals surface area contributed by atoms with Crippen LogP contribution in [0.5, 0.6) is 5.75 Å². The van der Waals surface area contributed by atoms with Crippen LogP contribution in [0.1, 0.15) is 28.2 Å². The van der Waals surface area contributed by atoms with Crippen LogP contribution in [0.4, 0.5) is 27.8 Å². The first-order valence-corrected chi connectivity index (χ1v) is 12.0.